The Morgan fingerprint density at radius 1 is 1.17 bits per heavy atom. The van der Waals surface area contributed by atoms with E-state index in [1.54, 1.807) is 24.9 Å². The molecule has 7 heteroatoms. The van der Waals surface area contributed by atoms with Crippen LogP contribution < -0.4 is 10.2 Å². The van der Waals surface area contributed by atoms with Gasteiger partial charge in [-0.1, -0.05) is 26.8 Å². The molecule has 1 N–H and O–H groups in total. The van der Waals surface area contributed by atoms with Crippen LogP contribution in [0.5, 0.6) is 0 Å². The molecule has 1 aliphatic heterocycles. The van der Waals surface area contributed by atoms with Crippen LogP contribution in [-0.4, -0.2) is 51.3 Å². The van der Waals surface area contributed by atoms with Gasteiger partial charge in [-0.25, -0.2) is 9.97 Å². The lowest BCUT2D eigenvalue weighted by Gasteiger charge is -2.37. The van der Waals surface area contributed by atoms with E-state index in [1.165, 1.54) is 6.42 Å². The lowest BCUT2D eigenvalue weighted by molar-refractivity contribution is 0.282. The molecule has 2 aromatic heterocycles. The first kappa shape index (κ1) is 19.1. The molecule has 2 fully saturated rings. The Labute approximate surface area is 176 Å². The number of anilines is 1. The average Bonchev–Trinajstić information content (AvgIpc) is 3.45. The van der Waals surface area contributed by atoms with Crippen molar-refractivity contribution in [1.82, 2.24) is 25.3 Å². The standard InChI is InChI=1S/C23H27N7/c1-22(2,3)20-11-23(20)14-30(9-8-29-23)21-19(13-24-15-28-21)27-12-16-4-5-17-18(10-16)26-7-6-25-17/h4-7,10,12-13,15,20,29H,8-9,11,14H2,1-3H3/b27-12+. The van der Waals surface area contributed by atoms with Crippen molar-refractivity contribution in [1.29, 1.82) is 0 Å². The minimum Gasteiger partial charge on any atom is -0.352 e. The van der Waals surface area contributed by atoms with Crippen LogP contribution in [-0.2, 0) is 0 Å². The molecule has 3 heterocycles. The largest absolute Gasteiger partial charge is 0.352 e. The van der Waals surface area contributed by atoms with Crippen LogP contribution in [0.2, 0.25) is 0 Å². The van der Waals surface area contributed by atoms with Gasteiger partial charge in [0.05, 0.1) is 17.2 Å². The zero-order valence-electron chi connectivity index (χ0n) is 17.7. The normalized spacial score (nSPS) is 24.1. The molecule has 0 bridgehead atoms. The van der Waals surface area contributed by atoms with Gasteiger partial charge in [-0.2, -0.15) is 0 Å². The van der Waals surface area contributed by atoms with Crippen LogP contribution in [0.1, 0.15) is 32.8 Å². The van der Waals surface area contributed by atoms with Crippen molar-refractivity contribution in [2.45, 2.75) is 32.7 Å². The third-order valence-electron chi connectivity index (χ3n) is 6.27. The third-order valence-corrected chi connectivity index (χ3v) is 6.27. The third kappa shape index (κ3) is 3.54. The summed E-state index contributed by atoms with van der Waals surface area (Å²) < 4.78 is 0. The Kier molecular flexibility index (Phi) is 4.50. The molecule has 0 amide bonds. The van der Waals surface area contributed by atoms with E-state index < -0.39 is 0 Å². The summed E-state index contributed by atoms with van der Waals surface area (Å²) in [6.07, 6.45) is 9.88. The van der Waals surface area contributed by atoms with E-state index in [9.17, 15) is 0 Å². The summed E-state index contributed by atoms with van der Waals surface area (Å²) in [6.45, 7) is 9.84. The van der Waals surface area contributed by atoms with Crippen molar-refractivity contribution in [3.63, 3.8) is 0 Å². The Balaban J connectivity index is 1.39. The molecule has 1 spiro atoms. The van der Waals surface area contributed by atoms with Gasteiger partial charge in [0, 0.05) is 43.8 Å². The molecule has 1 aliphatic carbocycles. The fraction of sp³-hybridized carbons (Fsp3) is 0.435. The summed E-state index contributed by atoms with van der Waals surface area (Å²) in [7, 11) is 0. The lowest BCUT2D eigenvalue weighted by Crippen LogP contribution is -2.54. The number of fused-ring (bicyclic) bond motifs is 1. The van der Waals surface area contributed by atoms with Crippen molar-refractivity contribution in [3.8, 4) is 0 Å². The van der Waals surface area contributed by atoms with Crippen LogP contribution >= 0.6 is 0 Å². The van der Waals surface area contributed by atoms with Gasteiger partial charge < -0.3 is 10.2 Å². The number of aliphatic imine (C=N–C) groups is 1. The number of hydrogen-bond acceptors (Lipinski definition) is 7. The lowest BCUT2D eigenvalue weighted by atomic mass is 9.86. The van der Waals surface area contributed by atoms with Gasteiger partial charge in [-0.3, -0.25) is 15.0 Å². The quantitative estimate of drug-likeness (QED) is 0.678. The predicted molar refractivity (Wildman–Crippen MR) is 119 cm³/mol. The number of piperazine rings is 1. The maximum atomic E-state index is 4.73. The van der Waals surface area contributed by atoms with E-state index in [0.29, 0.717) is 11.3 Å². The van der Waals surface area contributed by atoms with Gasteiger partial charge in [-0.05, 0) is 35.4 Å². The minimum atomic E-state index is 0.194. The molecule has 2 aliphatic rings. The molecule has 7 nitrogen and oxygen atoms in total. The number of nitrogens with zero attached hydrogens (tertiary/aromatic N) is 6. The SMILES string of the molecule is CC(C)(C)C1CC12CN(c1ncncc1/N=C/c1ccc3nccnc3c1)CCN2. The highest BCUT2D eigenvalue weighted by molar-refractivity contribution is 5.88. The van der Waals surface area contributed by atoms with Gasteiger partial charge in [0.2, 0.25) is 0 Å². The molecular formula is C23H27N7. The molecule has 1 aromatic carbocycles. The van der Waals surface area contributed by atoms with Crippen LogP contribution in [0, 0.1) is 11.3 Å². The van der Waals surface area contributed by atoms with Crippen molar-refractivity contribution in [2.75, 3.05) is 24.5 Å². The molecule has 0 radical (unpaired) electrons. The fourth-order valence-corrected chi connectivity index (χ4v) is 4.76. The molecule has 154 valence electrons. The first-order valence-corrected chi connectivity index (χ1v) is 10.5. The van der Waals surface area contributed by atoms with Gasteiger partial charge in [-0.15, -0.1) is 0 Å². The second-order valence-corrected chi connectivity index (χ2v) is 9.42. The fourth-order valence-electron chi connectivity index (χ4n) is 4.76. The highest BCUT2D eigenvalue weighted by Gasteiger charge is 2.60. The van der Waals surface area contributed by atoms with Crippen LogP contribution in [0.15, 0.2) is 48.1 Å². The Morgan fingerprint density at radius 3 is 2.80 bits per heavy atom. The monoisotopic (exact) mass is 401 g/mol. The summed E-state index contributed by atoms with van der Waals surface area (Å²) >= 11 is 0. The van der Waals surface area contributed by atoms with Crippen molar-refractivity contribution < 1.29 is 0 Å². The second kappa shape index (κ2) is 7.09. The van der Waals surface area contributed by atoms with Gasteiger partial charge in [0.15, 0.2) is 5.82 Å². The molecule has 1 saturated carbocycles. The molecule has 2 unspecified atom stereocenters. The summed E-state index contributed by atoms with van der Waals surface area (Å²) in [6, 6.07) is 5.96. The van der Waals surface area contributed by atoms with Crippen molar-refractivity contribution >= 4 is 28.8 Å². The smallest absolute Gasteiger partial charge is 0.158 e. The molecule has 2 atom stereocenters. The summed E-state index contributed by atoms with van der Waals surface area (Å²) in [5.74, 6) is 1.59. The number of rotatable bonds is 3. The number of benzene rings is 1. The minimum absolute atomic E-state index is 0.194. The van der Waals surface area contributed by atoms with E-state index in [-0.39, 0.29) is 5.54 Å². The van der Waals surface area contributed by atoms with E-state index in [4.69, 9.17) is 4.99 Å². The van der Waals surface area contributed by atoms with Crippen molar-refractivity contribution in [3.05, 3.63) is 48.7 Å². The number of aromatic nitrogens is 4. The Hall–Kier alpha value is -2.93. The summed E-state index contributed by atoms with van der Waals surface area (Å²) in [5.41, 5.74) is 4.01. The van der Waals surface area contributed by atoms with E-state index >= 15 is 0 Å². The van der Waals surface area contributed by atoms with Crippen LogP contribution in [0.25, 0.3) is 11.0 Å². The Bertz CT molecular complexity index is 1100. The number of nitrogens with one attached hydrogen (secondary N) is 1. The zero-order chi connectivity index (χ0) is 20.8. The van der Waals surface area contributed by atoms with Crippen LogP contribution in [0.4, 0.5) is 11.5 Å². The summed E-state index contributed by atoms with van der Waals surface area (Å²) in [4.78, 5) is 24.6. The predicted octanol–water partition coefficient (Wildman–Crippen LogP) is 3.38. The highest BCUT2D eigenvalue weighted by Crippen LogP contribution is 2.55. The zero-order valence-corrected chi connectivity index (χ0v) is 17.7. The second-order valence-electron chi connectivity index (χ2n) is 9.42. The first-order valence-electron chi connectivity index (χ1n) is 10.5. The van der Waals surface area contributed by atoms with E-state index in [2.05, 4.69) is 50.9 Å². The topological polar surface area (TPSA) is 79.2 Å². The summed E-state index contributed by atoms with van der Waals surface area (Å²) in [5, 5.41) is 3.78. The Morgan fingerprint density at radius 2 is 2.00 bits per heavy atom. The van der Waals surface area contributed by atoms with E-state index in [1.807, 2.05) is 24.4 Å². The molecule has 5 rings (SSSR count). The maximum Gasteiger partial charge on any atom is 0.158 e. The molecule has 3 aromatic rings. The molecular weight excluding hydrogens is 374 g/mol. The highest BCUT2D eigenvalue weighted by atomic mass is 15.3. The van der Waals surface area contributed by atoms with Crippen molar-refractivity contribution in [2.24, 2.45) is 16.3 Å². The maximum absolute atomic E-state index is 4.73. The number of hydrogen-bond donors (Lipinski definition) is 1. The van der Waals surface area contributed by atoms with Crippen LogP contribution in [0.3, 0.4) is 0 Å². The average molecular weight is 402 g/mol. The van der Waals surface area contributed by atoms with Gasteiger partial charge in [0.25, 0.3) is 0 Å². The van der Waals surface area contributed by atoms with E-state index in [0.717, 1.165) is 47.7 Å². The molecule has 1 saturated heterocycles. The van der Waals surface area contributed by atoms with Gasteiger partial charge in [0.1, 0.15) is 12.0 Å². The van der Waals surface area contributed by atoms with Gasteiger partial charge >= 0.3 is 0 Å². The molecule has 30 heavy (non-hydrogen) atoms. The first-order chi connectivity index (χ1) is 14.4.